The molecular formula is C15H24N2O4. The Kier molecular flexibility index (Phi) is 4.90. The number of aliphatic hydroxyl groups is 1. The fourth-order valence-electron chi connectivity index (χ4n) is 2.25. The number of carbonyl (C=O) groups excluding carboxylic acids is 1. The molecule has 0 saturated carbocycles. The number of hydrogen-bond acceptors (Lipinski definition) is 5. The summed E-state index contributed by atoms with van der Waals surface area (Å²) in [6.45, 7) is 8.76. The molecule has 0 bridgehead atoms. The molecule has 1 fully saturated rings. The monoisotopic (exact) mass is 296 g/mol. The molecule has 21 heavy (non-hydrogen) atoms. The zero-order valence-electron chi connectivity index (χ0n) is 12.9. The van der Waals surface area contributed by atoms with Crippen LogP contribution in [0.25, 0.3) is 0 Å². The molecule has 6 nitrogen and oxygen atoms in total. The predicted octanol–water partition coefficient (Wildman–Crippen LogP) is 1.87. The second-order valence-electron chi connectivity index (χ2n) is 6.30. The lowest BCUT2D eigenvalue weighted by atomic mass is 10.2. The van der Waals surface area contributed by atoms with Gasteiger partial charge in [-0.15, -0.1) is 0 Å². The fraction of sp³-hybridized carbons (Fsp3) is 0.667. The van der Waals surface area contributed by atoms with Gasteiger partial charge in [0, 0.05) is 32.7 Å². The van der Waals surface area contributed by atoms with Crippen molar-refractivity contribution in [2.45, 2.75) is 32.5 Å². The van der Waals surface area contributed by atoms with Crippen LogP contribution in [-0.2, 0) is 4.74 Å². The minimum Gasteiger partial charge on any atom is -0.467 e. The summed E-state index contributed by atoms with van der Waals surface area (Å²) in [6.07, 6.45) is 0.653. The van der Waals surface area contributed by atoms with Crippen LogP contribution in [0.4, 0.5) is 4.79 Å². The van der Waals surface area contributed by atoms with Crippen LogP contribution >= 0.6 is 0 Å². The normalized spacial score (nSPS) is 18.6. The van der Waals surface area contributed by atoms with Crippen LogP contribution in [0.2, 0.25) is 0 Å². The molecule has 0 aliphatic carbocycles. The highest BCUT2D eigenvalue weighted by molar-refractivity contribution is 5.68. The largest absolute Gasteiger partial charge is 0.467 e. The maximum absolute atomic E-state index is 12.0. The van der Waals surface area contributed by atoms with E-state index in [1.807, 2.05) is 20.8 Å². The Morgan fingerprint density at radius 1 is 1.38 bits per heavy atom. The van der Waals surface area contributed by atoms with Crippen molar-refractivity contribution in [3.63, 3.8) is 0 Å². The molecule has 1 amide bonds. The summed E-state index contributed by atoms with van der Waals surface area (Å²) in [4.78, 5) is 15.8. The van der Waals surface area contributed by atoms with Gasteiger partial charge in [0.05, 0.1) is 6.26 Å². The minimum atomic E-state index is -0.631. The summed E-state index contributed by atoms with van der Waals surface area (Å²) in [6, 6.07) is 3.53. The van der Waals surface area contributed by atoms with E-state index in [1.165, 1.54) is 0 Å². The number of ether oxygens (including phenoxy) is 1. The average Bonchev–Trinajstić information content (AvgIpc) is 2.91. The number of piperazine rings is 1. The summed E-state index contributed by atoms with van der Waals surface area (Å²) in [7, 11) is 0. The maximum Gasteiger partial charge on any atom is 0.410 e. The van der Waals surface area contributed by atoms with Gasteiger partial charge in [-0.25, -0.2) is 4.79 Å². The van der Waals surface area contributed by atoms with Gasteiger partial charge >= 0.3 is 6.09 Å². The molecule has 0 aromatic carbocycles. The predicted molar refractivity (Wildman–Crippen MR) is 77.9 cm³/mol. The number of amides is 1. The Morgan fingerprint density at radius 2 is 2.05 bits per heavy atom. The van der Waals surface area contributed by atoms with Gasteiger partial charge in [0.15, 0.2) is 0 Å². The SMILES string of the molecule is CC(C)(C)OC(=O)N1CCN(C[C@H](O)c2ccco2)CC1. The van der Waals surface area contributed by atoms with Crippen molar-refractivity contribution in [1.29, 1.82) is 0 Å². The lowest BCUT2D eigenvalue weighted by molar-refractivity contribution is 0.00891. The number of carbonyl (C=O) groups is 1. The van der Waals surface area contributed by atoms with E-state index in [0.29, 0.717) is 25.4 Å². The number of nitrogens with zero attached hydrogens (tertiary/aromatic N) is 2. The first-order valence-corrected chi connectivity index (χ1v) is 7.27. The van der Waals surface area contributed by atoms with Crippen molar-refractivity contribution in [2.75, 3.05) is 32.7 Å². The van der Waals surface area contributed by atoms with Gasteiger partial charge in [-0.3, -0.25) is 4.90 Å². The summed E-state index contributed by atoms with van der Waals surface area (Å²) in [5, 5.41) is 10.0. The molecule has 1 aromatic heterocycles. The van der Waals surface area contributed by atoms with Gasteiger partial charge in [-0.05, 0) is 32.9 Å². The molecule has 0 radical (unpaired) electrons. The lowest BCUT2D eigenvalue weighted by Gasteiger charge is -2.36. The van der Waals surface area contributed by atoms with Crippen LogP contribution in [0.15, 0.2) is 22.8 Å². The highest BCUT2D eigenvalue weighted by Gasteiger charge is 2.27. The first kappa shape index (κ1) is 15.9. The van der Waals surface area contributed by atoms with Crippen LogP contribution in [0, 0.1) is 0 Å². The number of furan rings is 1. The molecule has 0 spiro atoms. The first-order valence-electron chi connectivity index (χ1n) is 7.27. The van der Waals surface area contributed by atoms with Crippen molar-refractivity contribution in [2.24, 2.45) is 0 Å². The Bertz CT molecular complexity index is 445. The quantitative estimate of drug-likeness (QED) is 0.922. The molecule has 0 unspecified atom stereocenters. The van der Waals surface area contributed by atoms with Crippen molar-refractivity contribution in [1.82, 2.24) is 9.80 Å². The molecule has 118 valence electrons. The Labute approximate surface area is 125 Å². The molecule has 2 rings (SSSR count). The van der Waals surface area contributed by atoms with Gasteiger partial charge in [-0.2, -0.15) is 0 Å². The third kappa shape index (κ3) is 4.75. The maximum atomic E-state index is 12.0. The molecule has 6 heteroatoms. The second kappa shape index (κ2) is 6.49. The van der Waals surface area contributed by atoms with E-state index in [4.69, 9.17) is 9.15 Å². The Hall–Kier alpha value is -1.53. The standard InChI is InChI=1S/C15H24N2O4/c1-15(2,3)21-14(19)17-8-6-16(7-9-17)11-12(18)13-5-4-10-20-13/h4-5,10,12,18H,6-9,11H2,1-3H3/t12-/m0/s1. The summed E-state index contributed by atoms with van der Waals surface area (Å²) in [5.74, 6) is 0.574. The Balaban J connectivity index is 1.77. The van der Waals surface area contributed by atoms with Gasteiger partial charge < -0.3 is 19.2 Å². The van der Waals surface area contributed by atoms with Crippen molar-refractivity contribution in [3.05, 3.63) is 24.2 Å². The number of β-amino-alcohol motifs (C(OH)–C–C–N with tert-alkyl or cyclic N) is 1. The van der Waals surface area contributed by atoms with Gasteiger partial charge in [0.25, 0.3) is 0 Å². The highest BCUT2D eigenvalue weighted by Crippen LogP contribution is 2.16. The third-order valence-corrected chi connectivity index (χ3v) is 3.33. The van der Waals surface area contributed by atoms with E-state index in [1.54, 1.807) is 23.3 Å². The van der Waals surface area contributed by atoms with Crippen molar-refractivity contribution in [3.8, 4) is 0 Å². The lowest BCUT2D eigenvalue weighted by Crippen LogP contribution is -2.50. The van der Waals surface area contributed by atoms with E-state index in [9.17, 15) is 9.90 Å². The van der Waals surface area contributed by atoms with E-state index >= 15 is 0 Å². The van der Waals surface area contributed by atoms with Crippen molar-refractivity contribution >= 4 is 6.09 Å². The second-order valence-corrected chi connectivity index (χ2v) is 6.30. The van der Waals surface area contributed by atoms with Gasteiger partial charge in [0.2, 0.25) is 0 Å². The molecule has 2 heterocycles. The van der Waals surface area contributed by atoms with Crippen LogP contribution in [0.5, 0.6) is 0 Å². The van der Waals surface area contributed by atoms with E-state index in [2.05, 4.69) is 4.90 Å². The third-order valence-electron chi connectivity index (χ3n) is 3.33. The first-order chi connectivity index (χ1) is 9.85. The van der Waals surface area contributed by atoms with Crippen LogP contribution < -0.4 is 0 Å². The zero-order chi connectivity index (χ0) is 15.5. The van der Waals surface area contributed by atoms with Gasteiger partial charge in [-0.1, -0.05) is 0 Å². The van der Waals surface area contributed by atoms with E-state index in [-0.39, 0.29) is 6.09 Å². The highest BCUT2D eigenvalue weighted by atomic mass is 16.6. The minimum absolute atomic E-state index is 0.270. The molecule has 1 atom stereocenters. The smallest absolute Gasteiger partial charge is 0.410 e. The molecule has 1 aliphatic rings. The average molecular weight is 296 g/mol. The topological polar surface area (TPSA) is 66.2 Å². The zero-order valence-corrected chi connectivity index (χ0v) is 12.9. The van der Waals surface area contributed by atoms with E-state index < -0.39 is 11.7 Å². The fourth-order valence-corrected chi connectivity index (χ4v) is 2.25. The molecule has 1 aliphatic heterocycles. The summed E-state index contributed by atoms with van der Waals surface area (Å²) in [5.41, 5.74) is -0.469. The molecule has 1 aromatic rings. The van der Waals surface area contributed by atoms with Crippen LogP contribution in [-0.4, -0.2) is 59.3 Å². The van der Waals surface area contributed by atoms with Crippen LogP contribution in [0.1, 0.15) is 32.6 Å². The number of rotatable bonds is 3. The van der Waals surface area contributed by atoms with Gasteiger partial charge in [0.1, 0.15) is 17.5 Å². The van der Waals surface area contributed by atoms with E-state index in [0.717, 1.165) is 13.1 Å². The molecule has 1 saturated heterocycles. The van der Waals surface area contributed by atoms with Crippen LogP contribution in [0.3, 0.4) is 0 Å². The summed E-state index contributed by atoms with van der Waals surface area (Å²) < 4.78 is 10.5. The number of aliphatic hydroxyl groups excluding tert-OH is 1. The summed E-state index contributed by atoms with van der Waals surface area (Å²) >= 11 is 0. The molecule has 1 N–H and O–H groups in total. The Morgan fingerprint density at radius 3 is 2.57 bits per heavy atom. The molecular weight excluding hydrogens is 272 g/mol. The number of hydrogen-bond donors (Lipinski definition) is 1. The van der Waals surface area contributed by atoms with Crippen molar-refractivity contribution < 1.29 is 19.1 Å².